The summed E-state index contributed by atoms with van der Waals surface area (Å²) in [5.41, 5.74) is 2.23. The van der Waals surface area contributed by atoms with Crippen LogP contribution in [0.3, 0.4) is 0 Å². The molecule has 26 heavy (non-hydrogen) atoms. The summed E-state index contributed by atoms with van der Waals surface area (Å²) < 4.78 is 25.2. The predicted octanol–water partition coefficient (Wildman–Crippen LogP) is 3.56. The van der Waals surface area contributed by atoms with E-state index in [1.807, 2.05) is 30.5 Å². The van der Waals surface area contributed by atoms with Gasteiger partial charge >= 0.3 is 0 Å². The standard InChI is InChI=1S/C21H25FN2O2/c22-19-5-3-17(4-6-19)14-24-10-7-21(8-11-24)12-20(16-26-21)25-15-18-2-1-9-23-13-18/h1-6,9,13,20H,7-8,10-12,14-16H2/t20-/m0/s1. The lowest BCUT2D eigenvalue weighted by molar-refractivity contribution is -0.0468. The lowest BCUT2D eigenvalue weighted by atomic mass is 9.88. The van der Waals surface area contributed by atoms with E-state index in [2.05, 4.69) is 9.88 Å². The quantitative estimate of drug-likeness (QED) is 0.820. The van der Waals surface area contributed by atoms with Crippen LogP contribution in [0.15, 0.2) is 48.8 Å². The Morgan fingerprint density at radius 2 is 1.96 bits per heavy atom. The molecule has 1 spiro atoms. The van der Waals surface area contributed by atoms with E-state index in [1.54, 1.807) is 6.20 Å². The summed E-state index contributed by atoms with van der Waals surface area (Å²) in [6.45, 7) is 4.16. The number of hydrogen-bond acceptors (Lipinski definition) is 4. The molecule has 1 aromatic heterocycles. The van der Waals surface area contributed by atoms with Crippen LogP contribution < -0.4 is 0 Å². The second-order valence-corrected chi connectivity index (χ2v) is 7.40. The first-order valence-electron chi connectivity index (χ1n) is 9.32. The SMILES string of the molecule is Fc1ccc(CN2CCC3(CC2)C[C@H](OCc2cccnc2)CO3)cc1. The molecule has 2 saturated heterocycles. The maximum Gasteiger partial charge on any atom is 0.123 e. The summed E-state index contributed by atoms with van der Waals surface area (Å²) in [5, 5.41) is 0. The Morgan fingerprint density at radius 1 is 1.15 bits per heavy atom. The predicted molar refractivity (Wildman–Crippen MR) is 97.0 cm³/mol. The highest BCUT2D eigenvalue weighted by molar-refractivity contribution is 5.16. The average Bonchev–Trinajstić information content (AvgIpc) is 3.08. The maximum absolute atomic E-state index is 13.0. The molecule has 4 nitrogen and oxygen atoms in total. The fourth-order valence-corrected chi connectivity index (χ4v) is 3.92. The van der Waals surface area contributed by atoms with Gasteiger partial charge in [-0.05, 0) is 42.2 Å². The van der Waals surface area contributed by atoms with Crippen molar-refractivity contribution in [1.29, 1.82) is 0 Å². The van der Waals surface area contributed by atoms with Crippen LogP contribution in [0.2, 0.25) is 0 Å². The largest absolute Gasteiger partial charge is 0.372 e. The second kappa shape index (κ2) is 7.82. The summed E-state index contributed by atoms with van der Waals surface area (Å²) in [7, 11) is 0. The maximum atomic E-state index is 13.0. The van der Waals surface area contributed by atoms with Gasteiger partial charge in [0.2, 0.25) is 0 Å². The van der Waals surface area contributed by atoms with Crippen LogP contribution in [0.25, 0.3) is 0 Å². The molecule has 2 fully saturated rings. The average molecular weight is 356 g/mol. The van der Waals surface area contributed by atoms with E-state index in [1.165, 1.54) is 12.1 Å². The molecule has 0 aliphatic carbocycles. The monoisotopic (exact) mass is 356 g/mol. The minimum atomic E-state index is -0.178. The molecule has 138 valence electrons. The first kappa shape index (κ1) is 17.6. The highest BCUT2D eigenvalue weighted by Gasteiger charge is 2.43. The molecule has 1 atom stereocenters. The van der Waals surface area contributed by atoms with E-state index < -0.39 is 0 Å². The Morgan fingerprint density at radius 3 is 2.69 bits per heavy atom. The highest BCUT2D eigenvalue weighted by Crippen LogP contribution is 2.37. The number of likely N-dealkylation sites (tertiary alicyclic amines) is 1. The Bertz CT molecular complexity index is 700. The van der Waals surface area contributed by atoms with E-state index in [0.29, 0.717) is 13.2 Å². The molecule has 0 amide bonds. The Labute approximate surface area is 153 Å². The van der Waals surface area contributed by atoms with Crippen LogP contribution in [-0.4, -0.2) is 41.3 Å². The number of aromatic nitrogens is 1. The summed E-state index contributed by atoms with van der Waals surface area (Å²) in [5.74, 6) is -0.178. The van der Waals surface area contributed by atoms with Crippen molar-refractivity contribution in [2.45, 2.75) is 44.1 Å². The van der Waals surface area contributed by atoms with Crippen LogP contribution >= 0.6 is 0 Å². The van der Waals surface area contributed by atoms with Crippen molar-refractivity contribution < 1.29 is 13.9 Å². The topological polar surface area (TPSA) is 34.6 Å². The van der Waals surface area contributed by atoms with E-state index in [9.17, 15) is 4.39 Å². The summed E-state index contributed by atoms with van der Waals surface area (Å²) in [6.07, 6.45) is 6.81. The molecule has 3 heterocycles. The van der Waals surface area contributed by atoms with Crippen LogP contribution in [0.1, 0.15) is 30.4 Å². The van der Waals surface area contributed by atoms with Crippen LogP contribution in [0.4, 0.5) is 4.39 Å². The van der Waals surface area contributed by atoms with Gasteiger partial charge in [-0.15, -0.1) is 0 Å². The third-order valence-corrected chi connectivity index (χ3v) is 5.47. The summed E-state index contributed by atoms with van der Waals surface area (Å²) in [4.78, 5) is 6.55. The molecule has 0 radical (unpaired) electrons. The van der Waals surface area contributed by atoms with Crippen molar-refractivity contribution in [1.82, 2.24) is 9.88 Å². The van der Waals surface area contributed by atoms with Gasteiger partial charge in [0.1, 0.15) is 5.82 Å². The van der Waals surface area contributed by atoms with Gasteiger partial charge in [0.25, 0.3) is 0 Å². The Kier molecular flexibility index (Phi) is 5.29. The molecule has 0 N–H and O–H groups in total. The van der Waals surface area contributed by atoms with Crippen molar-refractivity contribution >= 4 is 0 Å². The number of halogens is 1. The van der Waals surface area contributed by atoms with Gasteiger partial charge in [-0.25, -0.2) is 4.39 Å². The van der Waals surface area contributed by atoms with Gasteiger partial charge in [0.05, 0.1) is 24.9 Å². The van der Waals surface area contributed by atoms with Crippen LogP contribution in [-0.2, 0) is 22.6 Å². The second-order valence-electron chi connectivity index (χ2n) is 7.40. The minimum absolute atomic E-state index is 0.0289. The number of hydrogen-bond donors (Lipinski definition) is 0. The molecule has 5 heteroatoms. The third-order valence-electron chi connectivity index (χ3n) is 5.47. The van der Waals surface area contributed by atoms with E-state index in [4.69, 9.17) is 9.47 Å². The fourth-order valence-electron chi connectivity index (χ4n) is 3.92. The van der Waals surface area contributed by atoms with Crippen molar-refractivity contribution in [2.75, 3.05) is 19.7 Å². The van der Waals surface area contributed by atoms with Gasteiger partial charge in [-0.2, -0.15) is 0 Å². The van der Waals surface area contributed by atoms with Crippen LogP contribution in [0, 0.1) is 5.82 Å². The third kappa shape index (κ3) is 4.29. The number of benzene rings is 1. The normalized spacial score (nSPS) is 22.7. The van der Waals surface area contributed by atoms with Crippen molar-refractivity contribution in [2.24, 2.45) is 0 Å². The summed E-state index contributed by atoms with van der Waals surface area (Å²) in [6, 6.07) is 10.8. The van der Waals surface area contributed by atoms with Crippen molar-refractivity contribution in [3.05, 3.63) is 65.7 Å². The molecule has 2 aromatic rings. The van der Waals surface area contributed by atoms with Crippen molar-refractivity contribution in [3.63, 3.8) is 0 Å². The van der Waals surface area contributed by atoms with Crippen molar-refractivity contribution in [3.8, 4) is 0 Å². The molecule has 0 saturated carbocycles. The number of rotatable bonds is 5. The van der Waals surface area contributed by atoms with E-state index >= 15 is 0 Å². The number of piperidine rings is 1. The van der Waals surface area contributed by atoms with Gasteiger partial charge in [0.15, 0.2) is 0 Å². The van der Waals surface area contributed by atoms with Gasteiger partial charge in [-0.1, -0.05) is 18.2 Å². The zero-order valence-electron chi connectivity index (χ0n) is 14.9. The van der Waals surface area contributed by atoms with Gasteiger partial charge < -0.3 is 9.47 Å². The fraction of sp³-hybridized carbons (Fsp3) is 0.476. The zero-order chi connectivity index (χ0) is 17.8. The van der Waals surface area contributed by atoms with E-state index in [-0.39, 0.29) is 17.5 Å². The molecular weight excluding hydrogens is 331 g/mol. The number of nitrogens with zero attached hydrogens (tertiary/aromatic N) is 2. The first-order valence-corrected chi connectivity index (χ1v) is 9.32. The van der Waals surface area contributed by atoms with Gasteiger partial charge in [-0.3, -0.25) is 9.88 Å². The molecule has 2 aliphatic rings. The minimum Gasteiger partial charge on any atom is -0.372 e. The molecule has 2 aliphatic heterocycles. The zero-order valence-corrected chi connectivity index (χ0v) is 14.9. The summed E-state index contributed by atoms with van der Waals surface area (Å²) >= 11 is 0. The highest BCUT2D eigenvalue weighted by atomic mass is 19.1. The number of pyridine rings is 1. The van der Waals surface area contributed by atoms with Gasteiger partial charge in [0, 0.05) is 38.4 Å². The molecule has 0 bridgehead atoms. The Hall–Kier alpha value is -1.82. The lowest BCUT2D eigenvalue weighted by Gasteiger charge is -2.38. The first-order chi connectivity index (χ1) is 12.7. The lowest BCUT2D eigenvalue weighted by Crippen LogP contribution is -2.43. The van der Waals surface area contributed by atoms with E-state index in [0.717, 1.165) is 50.0 Å². The smallest absolute Gasteiger partial charge is 0.123 e. The number of ether oxygens (including phenoxy) is 2. The Balaban J connectivity index is 1.24. The molecule has 0 unspecified atom stereocenters. The molecule has 4 rings (SSSR count). The molecule has 1 aromatic carbocycles. The molecular formula is C21H25FN2O2. The van der Waals surface area contributed by atoms with Crippen LogP contribution in [0.5, 0.6) is 0 Å².